The number of nitrogens with two attached hydrogens (primary N) is 1. The Morgan fingerprint density at radius 1 is 1.44 bits per heavy atom. The summed E-state index contributed by atoms with van der Waals surface area (Å²) >= 11 is 1.89. The molecule has 0 aliphatic carbocycles. The number of ether oxygens (including phenoxy) is 1. The Morgan fingerprint density at radius 2 is 2.12 bits per heavy atom. The standard InChI is InChI=1S/C11H16INO3/c1-2-4-10(16-11(13)15)7-6-9(14)5-3-8-12/h10H,2,4-7H2,1H3,(H2,13,15). The van der Waals surface area contributed by atoms with Gasteiger partial charge in [-0.05, 0) is 16.8 Å². The average Bonchev–Trinajstić information content (AvgIpc) is 2.22. The summed E-state index contributed by atoms with van der Waals surface area (Å²) in [6.45, 7) is 1.99. The van der Waals surface area contributed by atoms with E-state index in [1.807, 2.05) is 29.5 Å². The fourth-order valence-corrected chi connectivity index (χ4v) is 1.48. The van der Waals surface area contributed by atoms with E-state index < -0.39 is 6.09 Å². The molecule has 0 saturated heterocycles. The molecule has 0 bridgehead atoms. The Bertz CT molecular complexity index is 293. The van der Waals surface area contributed by atoms with Gasteiger partial charge in [0.2, 0.25) is 0 Å². The summed E-state index contributed by atoms with van der Waals surface area (Å²) in [5.74, 6) is 2.77. The number of ketones is 1. The molecule has 0 saturated carbocycles. The Morgan fingerprint density at radius 3 is 2.62 bits per heavy atom. The molecule has 0 aromatic carbocycles. The molecule has 16 heavy (non-hydrogen) atoms. The molecular formula is C11H16INO3. The normalized spacial score (nSPS) is 11.1. The van der Waals surface area contributed by atoms with Gasteiger partial charge in [0.1, 0.15) is 11.9 Å². The maximum absolute atomic E-state index is 11.3. The van der Waals surface area contributed by atoms with E-state index in [1.165, 1.54) is 0 Å². The molecule has 2 N–H and O–H groups in total. The van der Waals surface area contributed by atoms with Crippen LogP contribution in [0.5, 0.6) is 0 Å². The van der Waals surface area contributed by atoms with Crippen molar-refractivity contribution in [2.75, 3.05) is 0 Å². The Labute approximate surface area is 109 Å². The largest absolute Gasteiger partial charge is 0.446 e. The summed E-state index contributed by atoms with van der Waals surface area (Å²) in [6.07, 6.45) is 1.76. The zero-order valence-electron chi connectivity index (χ0n) is 9.29. The third kappa shape index (κ3) is 8.53. The second-order valence-electron chi connectivity index (χ2n) is 3.37. The summed E-state index contributed by atoms with van der Waals surface area (Å²) in [5, 5.41) is 0. The fraction of sp³-hybridized carbons (Fsp3) is 0.636. The third-order valence-corrected chi connectivity index (χ3v) is 2.37. The summed E-state index contributed by atoms with van der Waals surface area (Å²) < 4.78 is 7.53. The van der Waals surface area contributed by atoms with Crippen molar-refractivity contribution in [1.29, 1.82) is 0 Å². The minimum absolute atomic E-state index is 0.0679. The van der Waals surface area contributed by atoms with E-state index in [-0.39, 0.29) is 18.3 Å². The fourth-order valence-electron chi connectivity index (χ4n) is 1.29. The van der Waals surface area contributed by atoms with Crippen LogP contribution in [0.1, 0.15) is 39.0 Å². The van der Waals surface area contributed by atoms with Crippen LogP contribution >= 0.6 is 22.6 Å². The number of hydrogen-bond donors (Lipinski definition) is 1. The van der Waals surface area contributed by atoms with Gasteiger partial charge in [0, 0.05) is 29.0 Å². The molecule has 0 heterocycles. The molecule has 5 heteroatoms. The maximum atomic E-state index is 11.3. The SMILES string of the molecule is CCCC(CCC(=O)CC#CI)OC(N)=O. The predicted molar refractivity (Wildman–Crippen MR) is 70.0 cm³/mol. The number of hydrogen-bond acceptors (Lipinski definition) is 3. The molecule has 0 fully saturated rings. The quantitative estimate of drug-likeness (QED) is 0.573. The van der Waals surface area contributed by atoms with Crippen LogP contribution in [-0.4, -0.2) is 18.0 Å². The van der Waals surface area contributed by atoms with E-state index in [4.69, 9.17) is 10.5 Å². The van der Waals surface area contributed by atoms with E-state index in [1.54, 1.807) is 0 Å². The third-order valence-electron chi connectivity index (χ3n) is 1.99. The van der Waals surface area contributed by atoms with Crippen LogP contribution in [0.15, 0.2) is 0 Å². The van der Waals surface area contributed by atoms with Crippen molar-refractivity contribution in [1.82, 2.24) is 0 Å². The van der Waals surface area contributed by atoms with Crippen LogP contribution in [0.2, 0.25) is 0 Å². The van der Waals surface area contributed by atoms with Gasteiger partial charge in [0.05, 0.1) is 6.42 Å². The minimum Gasteiger partial charge on any atom is -0.446 e. The highest BCUT2D eigenvalue weighted by atomic mass is 127. The van der Waals surface area contributed by atoms with Crippen molar-refractivity contribution in [3.05, 3.63) is 0 Å². The topological polar surface area (TPSA) is 69.4 Å². The van der Waals surface area contributed by atoms with Gasteiger partial charge in [0.25, 0.3) is 0 Å². The number of halogens is 1. The molecule has 0 radical (unpaired) electrons. The Kier molecular flexibility index (Phi) is 9.00. The van der Waals surface area contributed by atoms with Crippen molar-refractivity contribution in [2.24, 2.45) is 5.73 Å². The molecule has 4 nitrogen and oxygen atoms in total. The van der Waals surface area contributed by atoms with Crippen molar-refractivity contribution in [3.63, 3.8) is 0 Å². The smallest absolute Gasteiger partial charge is 0.404 e. The van der Waals surface area contributed by atoms with E-state index in [9.17, 15) is 9.59 Å². The van der Waals surface area contributed by atoms with Crippen molar-refractivity contribution >= 4 is 34.5 Å². The summed E-state index contributed by atoms with van der Waals surface area (Å²) in [7, 11) is 0. The van der Waals surface area contributed by atoms with Crippen LogP contribution in [-0.2, 0) is 9.53 Å². The van der Waals surface area contributed by atoms with E-state index in [2.05, 4.69) is 9.85 Å². The van der Waals surface area contributed by atoms with Crippen LogP contribution in [0.25, 0.3) is 0 Å². The number of rotatable bonds is 7. The highest BCUT2D eigenvalue weighted by molar-refractivity contribution is 14.1. The molecule has 0 aliphatic rings. The second kappa shape index (κ2) is 9.46. The first kappa shape index (κ1) is 15.2. The first-order valence-corrected chi connectivity index (χ1v) is 6.24. The highest BCUT2D eigenvalue weighted by Gasteiger charge is 2.13. The first-order chi connectivity index (χ1) is 7.60. The lowest BCUT2D eigenvalue weighted by Crippen LogP contribution is -2.23. The number of Topliss-reactive ketones (excluding diaryl/α,β-unsaturated/α-hetero) is 1. The van der Waals surface area contributed by atoms with Gasteiger partial charge in [0.15, 0.2) is 0 Å². The van der Waals surface area contributed by atoms with Crippen LogP contribution < -0.4 is 5.73 Å². The van der Waals surface area contributed by atoms with E-state index in [0.29, 0.717) is 12.8 Å². The number of amides is 1. The lowest BCUT2D eigenvalue weighted by atomic mass is 10.1. The molecule has 1 atom stereocenters. The number of carbonyl (C=O) groups is 2. The van der Waals surface area contributed by atoms with Gasteiger partial charge in [-0.15, -0.1) is 0 Å². The van der Waals surface area contributed by atoms with Gasteiger partial charge in [-0.3, -0.25) is 4.79 Å². The van der Waals surface area contributed by atoms with Crippen molar-refractivity contribution < 1.29 is 14.3 Å². The molecule has 0 aliphatic heterocycles. The molecule has 0 aromatic heterocycles. The Hall–Kier alpha value is -0.770. The van der Waals surface area contributed by atoms with Crippen LogP contribution in [0.3, 0.4) is 0 Å². The van der Waals surface area contributed by atoms with Gasteiger partial charge < -0.3 is 10.5 Å². The molecule has 1 amide bonds. The molecule has 0 rings (SSSR count). The van der Waals surface area contributed by atoms with Crippen molar-refractivity contribution in [2.45, 2.75) is 45.1 Å². The van der Waals surface area contributed by atoms with Gasteiger partial charge in [-0.25, -0.2) is 4.79 Å². The summed E-state index contributed by atoms with van der Waals surface area (Å²) in [4.78, 5) is 21.9. The second-order valence-corrected chi connectivity index (χ2v) is 3.91. The summed E-state index contributed by atoms with van der Waals surface area (Å²) in [5.41, 5.74) is 4.94. The number of carbonyl (C=O) groups excluding carboxylic acids is 2. The lowest BCUT2D eigenvalue weighted by molar-refractivity contribution is -0.118. The Balaban J connectivity index is 3.93. The number of primary amides is 1. The zero-order valence-corrected chi connectivity index (χ0v) is 11.5. The van der Waals surface area contributed by atoms with Gasteiger partial charge >= 0.3 is 6.09 Å². The predicted octanol–water partition coefficient (Wildman–Crippen LogP) is 2.39. The van der Waals surface area contributed by atoms with Crippen LogP contribution in [0, 0.1) is 9.85 Å². The molecule has 90 valence electrons. The average molecular weight is 337 g/mol. The monoisotopic (exact) mass is 337 g/mol. The minimum atomic E-state index is -0.780. The maximum Gasteiger partial charge on any atom is 0.404 e. The zero-order chi connectivity index (χ0) is 12.4. The lowest BCUT2D eigenvalue weighted by Gasteiger charge is -2.14. The molecular weight excluding hydrogens is 321 g/mol. The first-order valence-electron chi connectivity index (χ1n) is 5.16. The highest BCUT2D eigenvalue weighted by Crippen LogP contribution is 2.10. The van der Waals surface area contributed by atoms with Crippen LogP contribution in [0.4, 0.5) is 4.79 Å². The van der Waals surface area contributed by atoms with Gasteiger partial charge in [-0.2, -0.15) is 0 Å². The van der Waals surface area contributed by atoms with Crippen molar-refractivity contribution in [3.8, 4) is 9.85 Å². The summed E-state index contributed by atoms with van der Waals surface area (Å²) in [6, 6.07) is 0. The van der Waals surface area contributed by atoms with Gasteiger partial charge in [-0.1, -0.05) is 19.3 Å². The molecule has 1 unspecified atom stereocenters. The molecule has 0 aromatic rings. The molecule has 0 spiro atoms. The van der Waals surface area contributed by atoms with E-state index >= 15 is 0 Å². The van der Waals surface area contributed by atoms with E-state index in [0.717, 1.165) is 12.8 Å².